The van der Waals surface area contributed by atoms with Crippen LogP contribution in [0.3, 0.4) is 0 Å². The minimum atomic E-state index is -0.253. The van der Waals surface area contributed by atoms with Crippen LogP contribution in [-0.4, -0.2) is 37.2 Å². The van der Waals surface area contributed by atoms with Crippen LogP contribution in [-0.2, 0) is 0 Å². The molecular weight excluding hydrogens is 255 g/mol. The second-order valence-corrected chi connectivity index (χ2v) is 5.33. The second-order valence-electron chi connectivity index (χ2n) is 5.33. The Labute approximate surface area is 121 Å². The zero-order chi connectivity index (χ0) is 14.4. The monoisotopic (exact) mass is 280 g/mol. The van der Waals surface area contributed by atoms with E-state index in [4.69, 9.17) is 4.74 Å². The van der Waals surface area contributed by atoms with E-state index in [2.05, 4.69) is 17.1 Å². The molecule has 2 rings (SSSR count). The van der Waals surface area contributed by atoms with Crippen LogP contribution >= 0.6 is 0 Å². The van der Waals surface area contributed by atoms with Gasteiger partial charge >= 0.3 is 0 Å². The third-order valence-corrected chi connectivity index (χ3v) is 3.73. The number of hydrogen-bond acceptors (Lipinski definition) is 3. The average molecular weight is 280 g/mol. The van der Waals surface area contributed by atoms with Crippen molar-refractivity contribution >= 4 is 5.69 Å². The first-order valence-electron chi connectivity index (χ1n) is 7.64. The lowest BCUT2D eigenvalue weighted by Crippen LogP contribution is -2.39. The smallest absolute Gasteiger partial charge is 0.145 e. The van der Waals surface area contributed by atoms with Crippen molar-refractivity contribution in [3.05, 3.63) is 24.0 Å². The van der Waals surface area contributed by atoms with Gasteiger partial charge in [-0.05, 0) is 44.9 Å². The molecule has 0 aromatic heterocycles. The highest BCUT2D eigenvalue weighted by atomic mass is 19.1. The SMILES string of the molecule is CCCN1CCC(Nc2ccc(F)cc2OCC)CC1. The Balaban J connectivity index is 1.93. The highest BCUT2D eigenvalue weighted by molar-refractivity contribution is 5.57. The van der Waals surface area contributed by atoms with Crippen molar-refractivity contribution in [2.45, 2.75) is 39.2 Å². The van der Waals surface area contributed by atoms with Crippen molar-refractivity contribution in [1.29, 1.82) is 0 Å². The zero-order valence-electron chi connectivity index (χ0n) is 12.5. The maximum atomic E-state index is 13.3. The lowest BCUT2D eigenvalue weighted by Gasteiger charge is -2.32. The molecule has 0 bridgehead atoms. The number of hydrogen-bond donors (Lipinski definition) is 1. The molecule has 0 spiro atoms. The molecule has 20 heavy (non-hydrogen) atoms. The number of likely N-dealkylation sites (tertiary alicyclic amines) is 1. The fourth-order valence-electron chi connectivity index (χ4n) is 2.73. The largest absolute Gasteiger partial charge is 0.492 e. The predicted octanol–water partition coefficient (Wildman–Crippen LogP) is 3.51. The number of nitrogens with one attached hydrogen (secondary N) is 1. The standard InChI is InChI=1S/C16H25FN2O/c1-3-9-19-10-7-14(8-11-19)18-15-6-5-13(17)12-16(15)20-4-2/h5-6,12,14,18H,3-4,7-11H2,1-2H3. The topological polar surface area (TPSA) is 24.5 Å². The lowest BCUT2D eigenvalue weighted by molar-refractivity contribution is 0.219. The summed E-state index contributed by atoms with van der Waals surface area (Å²) in [6, 6.07) is 5.17. The normalized spacial score (nSPS) is 17.1. The van der Waals surface area contributed by atoms with E-state index in [0.717, 1.165) is 31.6 Å². The van der Waals surface area contributed by atoms with E-state index in [-0.39, 0.29) is 5.82 Å². The molecule has 0 aliphatic carbocycles. The predicted molar refractivity (Wildman–Crippen MR) is 80.9 cm³/mol. The van der Waals surface area contributed by atoms with Crippen molar-refractivity contribution in [3.63, 3.8) is 0 Å². The number of benzene rings is 1. The summed E-state index contributed by atoms with van der Waals surface area (Å²) in [7, 11) is 0. The van der Waals surface area contributed by atoms with Crippen molar-refractivity contribution in [2.24, 2.45) is 0 Å². The molecular formula is C16H25FN2O. The Morgan fingerprint density at radius 3 is 2.70 bits per heavy atom. The third-order valence-electron chi connectivity index (χ3n) is 3.73. The van der Waals surface area contributed by atoms with Gasteiger partial charge < -0.3 is 15.0 Å². The van der Waals surface area contributed by atoms with Crippen molar-refractivity contribution in [1.82, 2.24) is 4.90 Å². The van der Waals surface area contributed by atoms with Gasteiger partial charge in [-0.15, -0.1) is 0 Å². The van der Waals surface area contributed by atoms with E-state index >= 15 is 0 Å². The summed E-state index contributed by atoms with van der Waals surface area (Å²) in [5.41, 5.74) is 0.905. The van der Waals surface area contributed by atoms with Gasteiger partial charge in [-0.3, -0.25) is 0 Å². The van der Waals surface area contributed by atoms with Gasteiger partial charge in [0, 0.05) is 25.2 Å². The van der Waals surface area contributed by atoms with Crippen LogP contribution in [0.1, 0.15) is 33.1 Å². The van der Waals surface area contributed by atoms with Crippen LogP contribution in [0.2, 0.25) is 0 Å². The Bertz CT molecular complexity index is 417. The quantitative estimate of drug-likeness (QED) is 0.863. The fourth-order valence-corrected chi connectivity index (χ4v) is 2.73. The van der Waals surface area contributed by atoms with E-state index < -0.39 is 0 Å². The Morgan fingerprint density at radius 2 is 2.05 bits per heavy atom. The minimum Gasteiger partial charge on any atom is -0.492 e. The van der Waals surface area contributed by atoms with Crippen LogP contribution in [0, 0.1) is 5.82 Å². The number of anilines is 1. The van der Waals surface area contributed by atoms with Gasteiger partial charge in [0.05, 0.1) is 12.3 Å². The maximum absolute atomic E-state index is 13.3. The summed E-state index contributed by atoms with van der Waals surface area (Å²) in [6.45, 7) is 8.14. The number of halogens is 1. The molecule has 1 N–H and O–H groups in total. The summed E-state index contributed by atoms with van der Waals surface area (Å²) in [4.78, 5) is 2.51. The van der Waals surface area contributed by atoms with E-state index in [1.807, 2.05) is 6.92 Å². The summed E-state index contributed by atoms with van der Waals surface area (Å²) in [5, 5.41) is 3.51. The Morgan fingerprint density at radius 1 is 1.30 bits per heavy atom. The maximum Gasteiger partial charge on any atom is 0.145 e. The number of piperidine rings is 1. The summed E-state index contributed by atoms with van der Waals surface area (Å²) in [5.74, 6) is 0.361. The van der Waals surface area contributed by atoms with Crippen molar-refractivity contribution < 1.29 is 9.13 Å². The first kappa shape index (κ1) is 15.1. The van der Waals surface area contributed by atoms with Crippen molar-refractivity contribution in [2.75, 3.05) is 31.6 Å². The average Bonchev–Trinajstić information content (AvgIpc) is 2.44. The molecule has 0 saturated carbocycles. The molecule has 4 heteroatoms. The van der Waals surface area contributed by atoms with Crippen molar-refractivity contribution in [3.8, 4) is 5.75 Å². The molecule has 1 aromatic rings. The summed E-state index contributed by atoms with van der Waals surface area (Å²) in [6.07, 6.45) is 3.47. The first-order valence-corrected chi connectivity index (χ1v) is 7.64. The second kappa shape index (κ2) is 7.48. The minimum absolute atomic E-state index is 0.253. The van der Waals surface area contributed by atoms with Crippen LogP contribution < -0.4 is 10.1 Å². The molecule has 1 saturated heterocycles. The summed E-state index contributed by atoms with van der Waals surface area (Å²) < 4.78 is 18.8. The Hall–Kier alpha value is -1.29. The molecule has 1 aliphatic heterocycles. The molecule has 1 fully saturated rings. The molecule has 3 nitrogen and oxygen atoms in total. The molecule has 1 heterocycles. The molecule has 112 valence electrons. The van der Waals surface area contributed by atoms with Gasteiger partial charge in [0.1, 0.15) is 11.6 Å². The van der Waals surface area contributed by atoms with Gasteiger partial charge in [-0.25, -0.2) is 4.39 Å². The lowest BCUT2D eigenvalue weighted by atomic mass is 10.0. The third kappa shape index (κ3) is 4.10. The van der Waals surface area contributed by atoms with Gasteiger partial charge in [-0.2, -0.15) is 0 Å². The van der Waals surface area contributed by atoms with Crippen LogP contribution in [0.25, 0.3) is 0 Å². The van der Waals surface area contributed by atoms with E-state index in [0.29, 0.717) is 18.4 Å². The molecule has 0 unspecified atom stereocenters. The number of rotatable bonds is 6. The van der Waals surface area contributed by atoms with Crippen LogP contribution in [0.5, 0.6) is 5.75 Å². The number of nitrogens with zero attached hydrogens (tertiary/aromatic N) is 1. The van der Waals surface area contributed by atoms with Gasteiger partial charge in [0.25, 0.3) is 0 Å². The first-order chi connectivity index (χ1) is 9.72. The fraction of sp³-hybridized carbons (Fsp3) is 0.625. The zero-order valence-corrected chi connectivity index (χ0v) is 12.5. The van der Waals surface area contributed by atoms with E-state index in [1.54, 1.807) is 6.07 Å². The highest BCUT2D eigenvalue weighted by Gasteiger charge is 2.19. The van der Waals surface area contributed by atoms with Crippen LogP contribution in [0.15, 0.2) is 18.2 Å². The van der Waals surface area contributed by atoms with Gasteiger partial charge in [-0.1, -0.05) is 6.92 Å². The molecule has 1 aromatic carbocycles. The molecule has 1 aliphatic rings. The summed E-state index contributed by atoms with van der Waals surface area (Å²) >= 11 is 0. The number of ether oxygens (including phenoxy) is 1. The van der Waals surface area contributed by atoms with Gasteiger partial charge in [0.15, 0.2) is 0 Å². The Kier molecular flexibility index (Phi) is 5.65. The highest BCUT2D eigenvalue weighted by Crippen LogP contribution is 2.27. The molecule has 0 radical (unpaired) electrons. The van der Waals surface area contributed by atoms with Gasteiger partial charge in [0.2, 0.25) is 0 Å². The van der Waals surface area contributed by atoms with E-state index in [9.17, 15) is 4.39 Å². The molecule has 0 amide bonds. The molecule has 0 atom stereocenters. The van der Waals surface area contributed by atoms with Crippen LogP contribution in [0.4, 0.5) is 10.1 Å². The van der Waals surface area contributed by atoms with E-state index in [1.165, 1.54) is 25.1 Å².